The topological polar surface area (TPSA) is 56.1 Å². The van der Waals surface area contributed by atoms with Gasteiger partial charge in [0.25, 0.3) is 0 Å². The number of amides is 2. The fraction of sp³-hybridized carbons (Fsp3) is 0.800. The highest BCUT2D eigenvalue weighted by atomic mass is 16.2. The van der Waals surface area contributed by atoms with Crippen LogP contribution in [0.3, 0.4) is 0 Å². The van der Waals surface area contributed by atoms with Crippen molar-refractivity contribution < 1.29 is 4.79 Å². The van der Waals surface area contributed by atoms with Gasteiger partial charge in [0.15, 0.2) is 0 Å². The summed E-state index contributed by atoms with van der Waals surface area (Å²) in [5.41, 5.74) is -0.497. The van der Waals surface area contributed by atoms with E-state index in [0.717, 1.165) is 0 Å². The van der Waals surface area contributed by atoms with E-state index >= 15 is 0 Å². The van der Waals surface area contributed by atoms with Crippen LogP contribution in [0.15, 0.2) is 0 Å². The molecule has 0 aromatic carbocycles. The van der Waals surface area contributed by atoms with Gasteiger partial charge in [-0.2, -0.15) is 5.26 Å². The molecular formula is C10H19N3O. The largest absolute Gasteiger partial charge is 0.336 e. The van der Waals surface area contributed by atoms with Gasteiger partial charge in [0.1, 0.15) is 0 Å². The van der Waals surface area contributed by atoms with Crippen LogP contribution in [0.1, 0.15) is 27.7 Å². The Balaban J connectivity index is 4.03. The molecule has 0 saturated carbocycles. The summed E-state index contributed by atoms with van der Waals surface area (Å²) >= 11 is 0. The van der Waals surface area contributed by atoms with Gasteiger partial charge in [-0.1, -0.05) is 0 Å². The van der Waals surface area contributed by atoms with Gasteiger partial charge < -0.3 is 10.2 Å². The third kappa shape index (κ3) is 4.13. The first kappa shape index (κ1) is 12.8. The SMILES string of the molecule is CCN(CC)C(=O)NCC(C)(C)C#N. The summed E-state index contributed by atoms with van der Waals surface area (Å²) in [6, 6.07) is 2.04. The Morgan fingerprint density at radius 1 is 1.43 bits per heavy atom. The van der Waals surface area contributed by atoms with E-state index in [2.05, 4.69) is 11.4 Å². The first-order valence-corrected chi connectivity index (χ1v) is 4.91. The number of nitrogens with one attached hydrogen (secondary N) is 1. The zero-order chi connectivity index (χ0) is 11.2. The van der Waals surface area contributed by atoms with Crippen molar-refractivity contribution in [3.63, 3.8) is 0 Å². The Morgan fingerprint density at radius 2 is 1.93 bits per heavy atom. The number of nitriles is 1. The molecule has 0 aromatic rings. The third-order valence-corrected chi connectivity index (χ3v) is 2.03. The van der Waals surface area contributed by atoms with E-state index in [-0.39, 0.29) is 6.03 Å². The molecule has 0 bridgehead atoms. The van der Waals surface area contributed by atoms with E-state index in [1.807, 2.05) is 13.8 Å². The van der Waals surface area contributed by atoms with Crippen LogP contribution in [0.2, 0.25) is 0 Å². The maximum atomic E-state index is 11.5. The smallest absolute Gasteiger partial charge is 0.317 e. The summed E-state index contributed by atoms with van der Waals surface area (Å²) < 4.78 is 0. The second-order valence-corrected chi connectivity index (χ2v) is 3.83. The lowest BCUT2D eigenvalue weighted by molar-refractivity contribution is 0.200. The number of urea groups is 1. The summed E-state index contributed by atoms with van der Waals surface area (Å²) in [5.74, 6) is 0. The van der Waals surface area contributed by atoms with Crippen molar-refractivity contribution in [1.29, 1.82) is 5.26 Å². The lowest BCUT2D eigenvalue weighted by Gasteiger charge is -2.22. The van der Waals surface area contributed by atoms with Crippen LogP contribution in [0.4, 0.5) is 4.79 Å². The quantitative estimate of drug-likeness (QED) is 0.744. The zero-order valence-corrected chi connectivity index (χ0v) is 9.42. The number of rotatable bonds is 4. The van der Waals surface area contributed by atoms with Crippen molar-refractivity contribution in [3.05, 3.63) is 0 Å². The average Bonchev–Trinajstić information content (AvgIpc) is 2.17. The highest BCUT2D eigenvalue weighted by molar-refractivity contribution is 5.74. The molecule has 0 fully saturated rings. The fourth-order valence-corrected chi connectivity index (χ4v) is 0.959. The fourth-order valence-electron chi connectivity index (χ4n) is 0.959. The Morgan fingerprint density at radius 3 is 2.29 bits per heavy atom. The van der Waals surface area contributed by atoms with Crippen molar-refractivity contribution in [3.8, 4) is 6.07 Å². The molecule has 0 aliphatic heterocycles. The minimum Gasteiger partial charge on any atom is -0.336 e. The van der Waals surface area contributed by atoms with Crippen molar-refractivity contribution >= 4 is 6.03 Å². The molecule has 0 rings (SSSR count). The number of nitrogens with zero attached hydrogens (tertiary/aromatic N) is 2. The lowest BCUT2D eigenvalue weighted by Crippen LogP contribution is -2.43. The maximum Gasteiger partial charge on any atom is 0.317 e. The second-order valence-electron chi connectivity index (χ2n) is 3.83. The molecule has 0 spiro atoms. The van der Waals surface area contributed by atoms with Gasteiger partial charge in [-0.05, 0) is 27.7 Å². The summed E-state index contributed by atoms with van der Waals surface area (Å²) in [6.07, 6.45) is 0. The minimum absolute atomic E-state index is 0.0988. The molecular weight excluding hydrogens is 178 g/mol. The molecule has 2 amide bonds. The average molecular weight is 197 g/mol. The maximum absolute atomic E-state index is 11.5. The molecule has 4 heteroatoms. The van der Waals surface area contributed by atoms with Crippen molar-refractivity contribution in [2.24, 2.45) is 5.41 Å². The van der Waals surface area contributed by atoms with Crippen LogP contribution in [0, 0.1) is 16.7 Å². The van der Waals surface area contributed by atoms with Crippen LogP contribution >= 0.6 is 0 Å². The van der Waals surface area contributed by atoms with Crippen LogP contribution in [-0.4, -0.2) is 30.6 Å². The molecule has 1 N–H and O–H groups in total. The Hall–Kier alpha value is -1.24. The summed E-state index contributed by atoms with van der Waals surface area (Å²) in [6.45, 7) is 9.23. The molecule has 0 aromatic heterocycles. The van der Waals surface area contributed by atoms with Gasteiger partial charge in [-0.25, -0.2) is 4.79 Å². The summed E-state index contributed by atoms with van der Waals surface area (Å²) in [5, 5.41) is 11.5. The van der Waals surface area contributed by atoms with Crippen molar-refractivity contribution in [2.45, 2.75) is 27.7 Å². The van der Waals surface area contributed by atoms with Gasteiger partial charge in [0.2, 0.25) is 0 Å². The van der Waals surface area contributed by atoms with Gasteiger partial charge in [0, 0.05) is 19.6 Å². The van der Waals surface area contributed by atoms with E-state index in [0.29, 0.717) is 19.6 Å². The summed E-state index contributed by atoms with van der Waals surface area (Å²) in [7, 11) is 0. The minimum atomic E-state index is -0.497. The van der Waals surface area contributed by atoms with Gasteiger partial charge in [0.05, 0.1) is 11.5 Å². The Bertz CT molecular complexity index is 226. The standard InChI is InChI=1S/C10H19N3O/c1-5-13(6-2)9(14)12-8-10(3,4)7-11/h5-6,8H2,1-4H3,(H,12,14). The second kappa shape index (κ2) is 5.48. The predicted molar refractivity (Wildman–Crippen MR) is 55.7 cm³/mol. The summed E-state index contributed by atoms with van der Waals surface area (Å²) in [4.78, 5) is 13.2. The first-order chi connectivity index (χ1) is 6.46. The highest BCUT2D eigenvalue weighted by Crippen LogP contribution is 2.10. The molecule has 0 aliphatic rings. The molecule has 0 atom stereocenters. The number of hydrogen-bond acceptors (Lipinski definition) is 2. The van der Waals surface area contributed by atoms with Gasteiger partial charge >= 0.3 is 6.03 Å². The zero-order valence-electron chi connectivity index (χ0n) is 9.42. The van der Waals surface area contributed by atoms with E-state index in [1.165, 1.54) is 0 Å². The number of carbonyl (C=O) groups excluding carboxylic acids is 1. The number of hydrogen-bond donors (Lipinski definition) is 1. The molecule has 0 radical (unpaired) electrons. The normalized spacial score (nSPS) is 10.5. The van der Waals surface area contributed by atoms with Crippen LogP contribution < -0.4 is 5.32 Å². The van der Waals surface area contributed by atoms with Crippen molar-refractivity contribution in [2.75, 3.05) is 19.6 Å². The first-order valence-electron chi connectivity index (χ1n) is 4.91. The van der Waals surface area contributed by atoms with Crippen LogP contribution in [0.25, 0.3) is 0 Å². The van der Waals surface area contributed by atoms with Crippen molar-refractivity contribution in [1.82, 2.24) is 10.2 Å². The molecule has 14 heavy (non-hydrogen) atoms. The highest BCUT2D eigenvalue weighted by Gasteiger charge is 2.18. The number of carbonyl (C=O) groups is 1. The third-order valence-electron chi connectivity index (χ3n) is 2.03. The molecule has 0 heterocycles. The molecule has 4 nitrogen and oxygen atoms in total. The van der Waals surface area contributed by atoms with Gasteiger partial charge in [-0.15, -0.1) is 0 Å². The molecule has 0 aliphatic carbocycles. The van der Waals surface area contributed by atoms with E-state index < -0.39 is 5.41 Å². The molecule has 80 valence electrons. The Kier molecular flexibility index (Phi) is 5.00. The van der Waals surface area contributed by atoms with E-state index in [9.17, 15) is 4.79 Å². The Labute approximate surface area is 85.9 Å². The van der Waals surface area contributed by atoms with Crippen LogP contribution in [-0.2, 0) is 0 Å². The monoisotopic (exact) mass is 197 g/mol. The van der Waals surface area contributed by atoms with Crippen LogP contribution in [0.5, 0.6) is 0 Å². The molecule has 0 unspecified atom stereocenters. The van der Waals surface area contributed by atoms with E-state index in [1.54, 1.807) is 18.7 Å². The van der Waals surface area contributed by atoms with E-state index in [4.69, 9.17) is 5.26 Å². The lowest BCUT2D eigenvalue weighted by atomic mass is 9.96. The van der Waals surface area contributed by atoms with Gasteiger partial charge in [-0.3, -0.25) is 0 Å². The molecule has 0 saturated heterocycles. The predicted octanol–water partition coefficient (Wildman–Crippen LogP) is 1.59.